The molecule has 2 heteroatoms. The molecule has 0 saturated carbocycles. The van der Waals surface area contributed by atoms with Crippen LogP contribution >= 0.6 is 7.26 Å². The van der Waals surface area contributed by atoms with E-state index < -0.39 is 7.26 Å². The number of halogens is 1. The predicted molar refractivity (Wildman–Crippen MR) is 75.0 cm³/mol. The lowest BCUT2D eigenvalue weighted by atomic mass is 10.2. The normalized spacial score (nSPS) is 10.7. The molecule has 0 heterocycles. The molecule has 2 rings (SSSR count). The Labute approximate surface area is 115 Å². The molecule has 0 aromatic heterocycles. The maximum Gasteiger partial charge on any atom is 0.0937 e. The Morgan fingerprint density at radius 3 is 1.76 bits per heavy atom. The van der Waals surface area contributed by atoms with E-state index in [0.29, 0.717) is 0 Å². The molecule has 0 aliphatic rings. The van der Waals surface area contributed by atoms with Gasteiger partial charge in [-0.05, 0) is 17.7 Å². The van der Waals surface area contributed by atoms with Crippen molar-refractivity contribution in [2.75, 3.05) is 13.3 Å². The lowest BCUT2D eigenvalue weighted by molar-refractivity contribution is -0.00000341. The van der Waals surface area contributed by atoms with Crippen LogP contribution < -0.4 is 22.3 Å². The molecule has 0 nitrogen and oxygen atoms in total. The van der Waals surface area contributed by atoms with E-state index in [1.165, 1.54) is 17.0 Å². The van der Waals surface area contributed by atoms with Crippen molar-refractivity contribution in [2.45, 2.75) is 6.16 Å². The van der Waals surface area contributed by atoms with Gasteiger partial charge in [0.05, 0.1) is 24.8 Å². The van der Waals surface area contributed by atoms with Gasteiger partial charge in [-0.3, -0.25) is 0 Å². The van der Waals surface area contributed by atoms with Crippen molar-refractivity contribution in [2.24, 2.45) is 0 Å². The van der Waals surface area contributed by atoms with Crippen molar-refractivity contribution < 1.29 is 17.0 Å². The molecule has 0 aliphatic carbocycles. The van der Waals surface area contributed by atoms with Crippen LogP contribution in [0.2, 0.25) is 0 Å². The predicted octanol–water partition coefficient (Wildman–Crippen LogP) is 0.793. The lowest BCUT2D eigenvalue weighted by Gasteiger charge is -2.17. The summed E-state index contributed by atoms with van der Waals surface area (Å²) < 4.78 is 0. The van der Waals surface area contributed by atoms with Gasteiger partial charge in [0.1, 0.15) is 0 Å². The molecule has 0 atom stereocenters. The van der Waals surface area contributed by atoms with E-state index in [1.54, 1.807) is 0 Å². The highest BCUT2D eigenvalue weighted by molar-refractivity contribution is 7.80. The average molecular weight is 309 g/mol. The van der Waals surface area contributed by atoms with Crippen LogP contribution in [0.15, 0.2) is 60.7 Å². The number of benzene rings is 2. The van der Waals surface area contributed by atoms with Crippen LogP contribution in [0.25, 0.3) is 0 Å². The van der Waals surface area contributed by atoms with Gasteiger partial charge >= 0.3 is 0 Å². The summed E-state index contributed by atoms with van der Waals surface area (Å²) in [5.41, 5.74) is 1.45. The van der Waals surface area contributed by atoms with E-state index in [0.717, 1.165) is 0 Å². The van der Waals surface area contributed by atoms with Crippen molar-refractivity contribution in [3.8, 4) is 0 Å². The zero-order valence-corrected chi connectivity index (χ0v) is 12.8. The first-order valence-electron chi connectivity index (χ1n) is 5.61. The summed E-state index contributed by atoms with van der Waals surface area (Å²) in [5.74, 6) is 0. The highest BCUT2D eigenvalue weighted by Crippen LogP contribution is 2.52. The highest BCUT2D eigenvalue weighted by Gasteiger charge is 2.28. The summed E-state index contributed by atoms with van der Waals surface area (Å²) >= 11 is 0. The zero-order valence-electron chi connectivity index (χ0n) is 10.3. The van der Waals surface area contributed by atoms with E-state index in [1.807, 2.05) is 0 Å². The van der Waals surface area contributed by atoms with E-state index >= 15 is 0 Å². The summed E-state index contributed by atoms with van der Waals surface area (Å²) in [6.45, 7) is 4.82. The molecule has 0 unspecified atom stereocenters. The Bertz CT molecular complexity index is 437. The fourth-order valence-corrected chi connectivity index (χ4v) is 4.25. The van der Waals surface area contributed by atoms with E-state index in [2.05, 4.69) is 74.0 Å². The van der Waals surface area contributed by atoms with Gasteiger partial charge in [0.25, 0.3) is 0 Å². The molecule has 0 N–H and O–H groups in total. The first-order chi connectivity index (χ1) is 7.68. The van der Waals surface area contributed by atoms with Gasteiger partial charge in [-0.1, -0.05) is 48.5 Å². The smallest absolute Gasteiger partial charge is 0.0937 e. The summed E-state index contributed by atoms with van der Waals surface area (Å²) in [6, 6.07) is 21.7. The van der Waals surface area contributed by atoms with E-state index in [-0.39, 0.29) is 17.0 Å². The van der Waals surface area contributed by atoms with Crippen molar-refractivity contribution >= 4 is 12.6 Å². The Morgan fingerprint density at radius 2 is 1.24 bits per heavy atom. The van der Waals surface area contributed by atoms with E-state index in [4.69, 9.17) is 0 Å². The van der Waals surface area contributed by atoms with Crippen LogP contribution in [0.4, 0.5) is 0 Å². The van der Waals surface area contributed by atoms with Crippen molar-refractivity contribution in [3.63, 3.8) is 0 Å². The topological polar surface area (TPSA) is 0 Å². The van der Waals surface area contributed by atoms with Crippen LogP contribution in [0, 0.1) is 0 Å². The quantitative estimate of drug-likeness (QED) is 0.736. The maximum atomic E-state index is 2.41. The second-order valence-corrected chi connectivity index (χ2v) is 8.87. The number of rotatable bonds is 3. The van der Waals surface area contributed by atoms with Gasteiger partial charge in [0.2, 0.25) is 0 Å². The molecule has 2 aromatic carbocycles. The first kappa shape index (κ1) is 14.4. The van der Waals surface area contributed by atoms with Crippen LogP contribution in [-0.2, 0) is 6.16 Å². The van der Waals surface area contributed by atoms with E-state index in [9.17, 15) is 0 Å². The van der Waals surface area contributed by atoms with Crippen LogP contribution in [0.5, 0.6) is 0 Å². The highest BCUT2D eigenvalue weighted by atomic mass is 79.9. The maximum absolute atomic E-state index is 2.41. The number of hydrogen-bond donors (Lipinski definition) is 0. The third kappa shape index (κ3) is 3.94. The molecule has 0 spiro atoms. The third-order valence-electron chi connectivity index (χ3n) is 2.88. The zero-order chi connectivity index (χ0) is 11.4. The molecular formula is C15H18BrP. The first-order valence-corrected chi connectivity index (χ1v) is 8.48. The monoisotopic (exact) mass is 308 g/mol. The molecule has 0 fully saturated rings. The van der Waals surface area contributed by atoms with Crippen LogP contribution in [-0.4, -0.2) is 13.3 Å². The largest absolute Gasteiger partial charge is 1.00 e. The van der Waals surface area contributed by atoms with Gasteiger partial charge in [-0.2, -0.15) is 0 Å². The fourth-order valence-electron chi connectivity index (χ4n) is 1.96. The van der Waals surface area contributed by atoms with Crippen LogP contribution in [0.3, 0.4) is 0 Å². The molecule has 0 amide bonds. The Kier molecular flexibility index (Phi) is 5.36. The molecule has 0 bridgehead atoms. The SMILES string of the molecule is C[P+](C)(Cc1ccccc1)c1ccccc1.[Br-]. The average Bonchev–Trinajstić information content (AvgIpc) is 2.31. The molecule has 0 radical (unpaired) electrons. The van der Waals surface area contributed by atoms with Gasteiger partial charge in [-0.25, -0.2) is 0 Å². The lowest BCUT2D eigenvalue weighted by Crippen LogP contribution is -3.00. The summed E-state index contributed by atoms with van der Waals surface area (Å²) in [5, 5.41) is 1.51. The van der Waals surface area contributed by atoms with Crippen molar-refractivity contribution in [1.82, 2.24) is 0 Å². The molecule has 17 heavy (non-hydrogen) atoms. The third-order valence-corrected chi connectivity index (χ3v) is 5.73. The van der Waals surface area contributed by atoms with Gasteiger partial charge in [0, 0.05) is 7.26 Å². The second-order valence-electron chi connectivity index (χ2n) is 4.66. The number of hydrogen-bond acceptors (Lipinski definition) is 0. The minimum atomic E-state index is -1.02. The van der Waals surface area contributed by atoms with Gasteiger partial charge in [0.15, 0.2) is 0 Å². The molecule has 90 valence electrons. The summed E-state index contributed by atoms with van der Waals surface area (Å²) in [7, 11) is -1.02. The second kappa shape index (κ2) is 6.33. The summed E-state index contributed by atoms with van der Waals surface area (Å²) in [6.07, 6.45) is 1.19. The Balaban J connectivity index is 0.00000144. The standard InChI is InChI=1S/C15H18P.BrH/c1-16(2,15-11-7-4-8-12-15)13-14-9-5-3-6-10-14;/h3-12H,13H2,1-2H3;1H/q+1;/p-1. The molecular weight excluding hydrogens is 291 g/mol. The van der Waals surface area contributed by atoms with Crippen molar-refractivity contribution in [3.05, 3.63) is 66.2 Å². The van der Waals surface area contributed by atoms with Crippen molar-refractivity contribution in [1.29, 1.82) is 0 Å². The molecule has 0 aliphatic heterocycles. The molecule has 0 saturated heterocycles. The van der Waals surface area contributed by atoms with Gasteiger partial charge in [-0.15, -0.1) is 0 Å². The minimum absolute atomic E-state index is 0. The van der Waals surface area contributed by atoms with Gasteiger partial charge < -0.3 is 17.0 Å². The van der Waals surface area contributed by atoms with Crippen LogP contribution in [0.1, 0.15) is 5.56 Å². The molecule has 2 aromatic rings. The Hall–Kier alpha value is -0.650. The summed E-state index contributed by atoms with van der Waals surface area (Å²) in [4.78, 5) is 0. The minimum Gasteiger partial charge on any atom is -1.00 e. The Morgan fingerprint density at radius 1 is 0.765 bits per heavy atom. The fraction of sp³-hybridized carbons (Fsp3) is 0.200.